The van der Waals surface area contributed by atoms with Crippen LogP contribution in [0.4, 0.5) is 15.9 Å². The molecular formula is C21H21FN4. The van der Waals surface area contributed by atoms with Crippen molar-refractivity contribution in [2.45, 2.75) is 19.3 Å². The monoisotopic (exact) mass is 348 g/mol. The molecule has 132 valence electrons. The van der Waals surface area contributed by atoms with E-state index >= 15 is 0 Å². The zero-order valence-corrected chi connectivity index (χ0v) is 14.5. The number of rotatable bonds is 4. The molecule has 5 heteroatoms. The third-order valence-corrected chi connectivity index (χ3v) is 4.54. The fourth-order valence-corrected chi connectivity index (χ4v) is 3.23. The lowest BCUT2D eigenvalue weighted by Gasteiger charge is -2.15. The maximum atomic E-state index is 13.2. The highest BCUT2D eigenvalue weighted by atomic mass is 19.1. The number of benzene rings is 2. The molecule has 0 atom stereocenters. The Labute approximate surface area is 152 Å². The highest BCUT2D eigenvalue weighted by Gasteiger charge is 2.17. The standard InChI is InChI=1S/C21H21FN4/c22-16-6-8-17(9-7-16)24-21-18-10-12-23-13-11-19(18)25-20(26-21)14-15-4-2-1-3-5-15/h1-9,23H,10-14H2,(H,24,25,26). The number of hydrogen-bond donors (Lipinski definition) is 2. The van der Waals surface area contributed by atoms with Crippen LogP contribution in [-0.4, -0.2) is 23.1 Å². The molecule has 0 saturated carbocycles. The first-order chi connectivity index (χ1) is 12.8. The number of nitrogens with zero attached hydrogens (tertiary/aromatic N) is 2. The van der Waals surface area contributed by atoms with Crippen molar-refractivity contribution in [2.24, 2.45) is 0 Å². The van der Waals surface area contributed by atoms with Crippen LogP contribution in [-0.2, 0) is 19.3 Å². The van der Waals surface area contributed by atoms with Crippen molar-refractivity contribution in [3.05, 3.63) is 83.1 Å². The zero-order chi connectivity index (χ0) is 17.8. The summed E-state index contributed by atoms with van der Waals surface area (Å²) in [5, 5.41) is 6.78. The van der Waals surface area contributed by atoms with Crippen LogP contribution >= 0.6 is 0 Å². The molecule has 2 heterocycles. The topological polar surface area (TPSA) is 49.8 Å². The highest BCUT2D eigenvalue weighted by Crippen LogP contribution is 2.24. The third-order valence-electron chi connectivity index (χ3n) is 4.54. The van der Waals surface area contributed by atoms with Crippen molar-refractivity contribution in [3.8, 4) is 0 Å². The van der Waals surface area contributed by atoms with Gasteiger partial charge < -0.3 is 10.6 Å². The molecule has 3 aromatic rings. The zero-order valence-electron chi connectivity index (χ0n) is 14.5. The Morgan fingerprint density at radius 2 is 1.69 bits per heavy atom. The number of nitrogens with one attached hydrogen (secondary N) is 2. The van der Waals surface area contributed by atoms with Crippen molar-refractivity contribution < 1.29 is 4.39 Å². The third kappa shape index (κ3) is 3.89. The molecule has 1 aliphatic heterocycles. The molecule has 2 aromatic carbocycles. The van der Waals surface area contributed by atoms with Crippen LogP contribution in [0.15, 0.2) is 54.6 Å². The minimum atomic E-state index is -0.244. The Bertz CT molecular complexity index is 879. The maximum absolute atomic E-state index is 13.2. The van der Waals surface area contributed by atoms with Crippen LogP contribution in [0.25, 0.3) is 0 Å². The second-order valence-electron chi connectivity index (χ2n) is 6.46. The molecule has 4 nitrogen and oxygen atoms in total. The quantitative estimate of drug-likeness (QED) is 0.756. The lowest BCUT2D eigenvalue weighted by atomic mass is 10.1. The summed E-state index contributed by atoms with van der Waals surface area (Å²) < 4.78 is 13.2. The van der Waals surface area contributed by atoms with Crippen LogP contribution in [0.5, 0.6) is 0 Å². The Balaban J connectivity index is 1.70. The molecule has 0 bridgehead atoms. The Morgan fingerprint density at radius 3 is 2.50 bits per heavy atom. The molecule has 0 unspecified atom stereocenters. The molecule has 0 radical (unpaired) electrons. The maximum Gasteiger partial charge on any atom is 0.137 e. The van der Waals surface area contributed by atoms with Gasteiger partial charge in [0, 0.05) is 30.6 Å². The van der Waals surface area contributed by atoms with E-state index in [4.69, 9.17) is 9.97 Å². The number of fused-ring (bicyclic) bond motifs is 1. The van der Waals surface area contributed by atoms with Crippen LogP contribution in [0.1, 0.15) is 22.6 Å². The van der Waals surface area contributed by atoms with Gasteiger partial charge in [-0.25, -0.2) is 14.4 Å². The van der Waals surface area contributed by atoms with Gasteiger partial charge in [-0.05, 0) is 42.8 Å². The lowest BCUT2D eigenvalue weighted by molar-refractivity contribution is 0.628. The van der Waals surface area contributed by atoms with E-state index < -0.39 is 0 Å². The molecule has 2 N–H and O–H groups in total. The predicted molar refractivity (Wildman–Crippen MR) is 101 cm³/mol. The van der Waals surface area contributed by atoms with E-state index in [2.05, 4.69) is 22.8 Å². The summed E-state index contributed by atoms with van der Waals surface area (Å²) >= 11 is 0. The molecule has 0 saturated heterocycles. The van der Waals surface area contributed by atoms with Crippen LogP contribution in [0.3, 0.4) is 0 Å². The second-order valence-corrected chi connectivity index (χ2v) is 6.46. The fraction of sp³-hybridized carbons (Fsp3) is 0.238. The van der Waals surface area contributed by atoms with Crippen molar-refractivity contribution in [3.63, 3.8) is 0 Å². The van der Waals surface area contributed by atoms with Gasteiger partial charge in [-0.2, -0.15) is 0 Å². The smallest absolute Gasteiger partial charge is 0.137 e. The van der Waals surface area contributed by atoms with Gasteiger partial charge in [0.25, 0.3) is 0 Å². The van der Waals surface area contributed by atoms with E-state index in [1.54, 1.807) is 12.1 Å². The van der Waals surface area contributed by atoms with Gasteiger partial charge in [-0.3, -0.25) is 0 Å². The van der Waals surface area contributed by atoms with Gasteiger partial charge in [0.1, 0.15) is 17.5 Å². The van der Waals surface area contributed by atoms with Crippen molar-refractivity contribution in [1.29, 1.82) is 0 Å². The first-order valence-corrected chi connectivity index (χ1v) is 8.94. The van der Waals surface area contributed by atoms with Gasteiger partial charge in [-0.1, -0.05) is 30.3 Å². The first kappa shape index (κ1) is 16.7. The van der Waals surface area contributed by atoms with Crippen LogP contribution in [0.2, 0.25) is 0 Å². The fourth-order valence-electron chi connectivity index (χ4n) is 3.23. The minimum Gasteiger partial charge on any atom is -0.340 e. The van der Waals surface area contributed by atoms with Gasteiger partial charge in [0.15, 0.2) is 0 Å². The molecule has 26 heavy (non-hydrogen) atoms. The number of halogens is 1. The van der Waals surface area contributed by atoms with Crippen molar-refractivity contribution in [2.75, 3.05) is 18.4 Å². The highest BCUT2D eigenvalue weighted by molar-refractivity contribution is 5.60. The molecule has 0 aliphatic carbocycles. The van der Waals surface area contributed by atoms with Crippen LogP contribution in [0, 0.1) is 5.82 Å². The summed E-state index contributed by atoms with van der Waals surface area (Å²) in [5.41, 5.74) is 4.26. The van der Waals surface area contributed by atoms with Gasteiger partial charge in [0.2, 0.25) is 0 Å². The molecule has 1 aromatic heterocycles. The van der Waals surface area contributed by atoms with Gasteiger partial charge in [-0.15, -0.1) is 0 Å². The number of aromatic nitrogens is 2. The summed E-state index contributed by atoms with van der Waals surface area (Å²) in [6, 6.07) is 16.6. The van der Waals surface area contributed by atoms with Gasteiger partial charge >= 0.3 is 0 Å². The molecule has 4 rings (SSSR count). The summed E-state index contributed by atoms with van der Waals surface area (Å²) in [7, 11) is 0. The van der Waals surface area contributed by atoms with E-state index in [9.17, 15) is 4.39 Å². The molecule has 1 aliphatic rings. The average molecular weight is 348 g/mol. The molecular weight excluding hydrogens is 327 g/mol. The van der Waals surface area contributed by atoms with E-state index in [1.807, 2.05) is 18.2 Å². The summed E-state index contributed by atoms with van der Waals surface area (Å²) in [6.45, 7) is 1.83. The minimum absolute atomic E-state index is 0.244. The Morgan fingerprint density at radius 1 is 0.923 bits per heavy atom. The van der Waals surface area contributed by atoms with Crippen molar-refractivity contribution >= 4 is 11.5 Å². The second kappa shape index (κ2) is 7.62. The van der Waals surface area contributed by atoms with E-state index in [0.717, 1.165) is 54.5 Å². The summed E-state index contributed by atoms with van der Waals surface area (Å²) in [4.78, 5) is 9.63. The van der Waals surface area contributed by atoms with E-state index in [1.165, 1.54) is 17.7 Å². The predicted octanol–water partition coefficient (Wildman–Crippen LogP) is 3.64. The largest absolute Gasteiger partial charge is 0.340 e. The van der Waals surface area contributed by atoms with E-state index in [0.29, 0.717) is 6.42 Å². The normalized spacial score (nSPS) is 13.7. The first-order valence-electron chi connectivity index (χ1n) is 8.94. The molecule has 0 amide bonds. The summed E-state index contributed by atoms with van der Waals surface area (Å²) in [5.74, 6) is 1.39. The average Bonchev–Trinajstić information content (AvgIpc) is 2.90. The van der Waals surface area contributed by atoms with Crippen molar-refractivity contribution in [1.82, 2.24) is 15.3 Å². The number of hydrogen-bond acceptors (Lipinski definition) is 4. The van der Waals surface area contributed by atoms with Gasteiger partial charge in [0.05, 0.1) is 5.69 Å². The lowest BCUT2D eigenvalue weighted by Crippen LogP contribution is -2.16. The van der Waals surface area contributed by atoms with Crippen LogP contribution < -0.4 is 10.6 Å². The molecule has 0 fully saturated rings. The summed E-state index contributed by atoms with van der Waals surface area (Å²) in [6.07, 6.45) is 2.46. The number of anilines is 2. The molecule has 0 spiro atoms. The van der Waals surface area contributed by atoms with E-state index in [-0.39, 0.29) is 5.82 Å². The Kier molecular flexibility index (Phi) is 4.88. The Hall–Kier alpha value is -2.79. The SMILES string of the molecule is Fc1ccc(Nc2nc(Cc3ccccc3)nc3c2CCNCC3)cc1.